The monoisotopic (exact) mass is 321 g/mol. The highest BCUT2D eigenvalue weighted by atomic mass is 32.2. The third kappa shape index (κ3) is 4.93. The van der Waals surface area contributed by atoms with Crippen LogP contribution in [0.25, 0.3) is 0 Å². The number of rotatable bonds is 7. The molecule has 0 amide bonds. The first-order valence-corrected chi connectivity index (χ1v) is 8.07. The van der Waals surface area contributed by atoms with Crippen LogP contribution in [-0.2, 0) is 14.6 Å². The van der Waals surface area contributed by atoms with E-state index in [-0.39, 0.29) is 16.5 Å². The molecule has 0 spiro atoms. The highest BCUT2D eigenvalue weighted by Gasteiger charge is 2.26. The molecule has 0 saturated heterocycles. The number of benzene rings is 1. The Hall–Kier alpha value is -1.21. The van der Waals surface area contributed by atoms with Gasteiger partial charge in [-0.05, 0) is 51.5 Å². The quantitative estimate of drug-likeness (QED) is 0.837. The summed E-state index contributed by atoms with van der Waals surface area (Å²) in [5.74, 6) is -3.40. The van der Waals surface area contributed by atoms with Gasteiger partial charge in [-0.25, -0.2) is 8.42 Å². The largest absolute Gasteiger partial charge is 0.382 e. The molecule has 0 aliphatic rings. The molecule has 1 unspecified atom stereocenters. The van der Waals surface area contributed by atoms with Gasteiger partial charge in [0, 0.05) is 18.8 Å². The zero-order valence-electron chi connectivity index (χ0n) is 12.6. The van der Waals surface area contributed by atoms with E-state index in [9.17, 15) is 17.2 Å². The van der Waals surface area contributed by atoms with Crippen molar-refractivity contribution >= 4 is 15.5 Å². The topological polar surface area (TPSA) is 55.4 Å². The van der Waals surface area contributed by atoms with Gasteiger partial charge in [0.15, 0.2) is 0 Å². The molecule has 21 heavy (non-hydrogen) atoms. The van der Waals surface area contributed by atoms with Crippen LogP contribution in [0.15, 0.2) is 29.2 Å². The van der Waals surface area contributed by atoms with Gasteiger partial charge in [-0.1, -0.05) is 0 Å². The molecule has 0 radical (unpaired) electrons. The van der Waals surface area contributed by atoms with Crippen molar-refractivity contribution in [2.24, 2.45) is 0 Å². The summed E-state index contributed by atoms with van der Waals surface area (Å²) in [5.41, 5.74) is 0.383. The summed E-state index contributed by atoms with van der Waals surface area (Å²) < 4.78 is 52.8. The van der Waals surface area contributed by atoms with Crippen LogP contribution in [0.1, 0.15) is 27.2 Å². The second-order valence-corrected chi connectivity index (χ2v) is 7.46. The van der Waals surface area contributed by atoms with Crippen molar-refractivity contribution in [2.45, 2.75) is 49.5 Å². The second-order valence-electron chi connectivity index (χ2n) is 5.54. The first-order chi connectivity index (χ1) is 9.58. The van der Waals surface area contributed by atoms with Crippen molar-refractivity contribution in [1.29, 1.82) is 0 Å². The predicted molar refractivity (Wildman–Crippen MR) is 78.4 cm³/mol. The molecule has 0 saturated carbocycles. The highest BCUT2D eigenvalue weighted by Crippen LogP contribution is 2.22. The van der Waals surface area contributed by atoms with E-state index < -0.39 is 15.6 Å². The van der Waals surface area contributed by atoms with Gasteiger partial charge >= 0.3 is 5.76 Å². The molecule has 0 aromatic heterocycles. The molecule has 0 fully saturated rings. The minimum Gasteiger partial charge on any atom is -0.382 e. The molecule has 4 nitrogen and oxygen atoms in total. The van der Waals surface area contributed by atoms with Gasteiger partial charge in [-0.3, -0.25) is 0 Å². The van der Waals surface area contributed by atoms with Gasteiger partial charge in [-0.15, -0.1) is 0 Å². The average molecular weight is 321 g/mol. The van der Waals surface area contributed by atoms with Crippen molar-refractivity contribution in [3.63, 3.8) is 0 Å². The number of methoxy groups -OCH3 is 1. The Morgan fingerprint density at radius 1 is 1.24 bits per heavy atom. The van der Waals surface area contributed by atoms with Crippen LogP contribution in [-0.4, -0.2) is 32.9 Å². The molecule has 1 aromatic carbocycles. The number of halogens is 2. The van der Waals surface area contributed by atoms with Gasteiger partial charge in [-0.2, -0.15) is 8.78 Å². The van der Waals surface area contributed by atoms with Crippen LogP contribution in [0, 0.1) is 0 Å². The summed E-state index contributed by atoms with van der Waals surface area (Å²) in [7, 11) is -2.90. The number of sulfone groups is 1. The molecule has 1 atom stereocenters. The fraction of sp³-hybridized carbons (Fsp3) is 0.571. The van der Waals surface area contributed by atoms with Crippen molar-refractivity contribution in [2.75, 3.05) is 12.4 Å². The Bertz CT molecular complexity index is 556. The molecule has 120 valence electrons. The van der Waals surface area contributed by atoms with E-state index in [1.54, 1.807) is 7.11 Å². The van der Waals surface area contributed by atoms with Crippen LogP contribution in [0.5, 0.6) is 0 Å². The zero-order valence-corrected chi connectivity index (χ0v) is 13.4. The molecule has 1 rings (SSSR count). The number of anilines is 1. The van der Waals surface area contributed by atoms with Crippen LogP contribution in [0.3, 0.4) is 0 Å². The van der Waals surface area contributed by atoms with E-state index >= 15 is 0 Å². The highest BCUT2D eigenvalue weighted by molar-refractivity contribution is 7.91. The number of nitrogens with one attached hydrogen (secondary N) is 1. The summed E-state index contributed by atoms with van der Waals surface area (Å²) in [6, 6.07) is 5.39. The fourth-order valence-corrected chi connectivity index (χ4v) is 2.72. The van der Waals surface area contributed by atoms with Crippen LogP contribution in [0.4, 0.5) is 14.5 Å². The van der Waals surface area contributed by atoms with Crippen molar-refractivity contribution in [3.8, 4) is 0 Å². The molecular formula is C14H21F2NO3S. The maximum absolute atomic E-state index is 12.4. The lowest BCUT2D eigenvalue weighted by atomic mass is 10.00. The molecule has 1 aromatic rings. The van der Waals surface area contributed by atoms with Gasteiger partial charge in [0.25, 0.3) is 0 Å². The Morgan fingerprint density at radius 3 is 2.19 bits per heavy atom. The smallest absolute Gasteiger partial charge is 0.341 e. The Balaban J connectivity index is 2.76. The molecule has 0 heterocycles. The Labute approximate surface area is 124 Å². The summed E-state index contributed by atoms with van der Waals surface area (Å²) >= 11 is 0. The third-order valence-electron chi connectivity index (χ3n) is 3.18. The lowest BCUT2D eigenvalue weighted by molar-refractivity contribution is 0.0128. The van der Waals surface area contributed by atoms with Crippen molar-refractivity contribution in [1.82, 2.24) is 0 Å². The van der Waals surface area contributed by atoms with E-state index in [0.717, 1.165) is 6.42 Å². The van der Waals surface area contributed by atoms with E-state index in [1.165, 1.54) is 24.3 Å². The fourth-order valence-electron chi connectivity index (χ4n) is 2.00. The van der Waals surface area contributed by atoms with E-state index in [0.29, 0.717) is 5.69 Å². The normalized spacial score (nSPS) is 14.2. The van der Waals surface area contributed by atoms with Crippen LogP contribution < -0.4 is 5.32 Å². The Morgan fingerprint density at radius 2 is 1.76 bits per heavy atom. The summed E-state index contributed by atoms with van der Waals surface area (Å²) in [5, 5.41) is 3.18. The molecule has 0 bridgehead atoms. The maximum atomic E-state index is 12.4. The SMILES string of the molecule is COC(C)(C)CC(C)Nc1ccc(S(=O)(=O)C(F)F)cc1. The maximum Gasteiger partial charge on any atom is 0.341 e. The lowest BCUT2D eigenvalue weighted by Crippen LogP contribution is -2.31. The van der Waals surface area contributed by atoms with Gasteiger partial charge < -0.3 is 10.1 Å². The van der Waals surface area contributed by atoms with Gasteiger partial charge in [0.2, 0.25) is 9.84 Å². The average Bonchev–Trinajstić information content (AvgIpc) is 2.38. The third-order valence-corrected chi connectivity index (χ3v) is 4.58. The van der Waals surface area contributed by atoms with E-state index in [2.05, 4.69) is 5.32 Å². The number of hydrogen-bond donors (Lipinski definition) is 1. The molecule has 0 aliphatic carbocycles. The standard InChI is InChI=1S/C14H21F2NO3S/c1-10(9-14(2,3)20-4)17-11-5-7-12(8-6-11)21(18,19)13(15)16/h5-8,10,13,17H,9H2,1-4H3. The number of ether oxygens (including phenoxy) is 1. The zero-order chi connectivity index (χ0) is 16.3. The van der Waals surface area contributed by atoms with Crippen molar-refractivity contribution < 1.29 is 21.9 Å². The van der Waals surface area contributed by atoms with Crippen molar-refractivity contribution in [3.05, 3.63) is 24.3 Å². The predicted octanol–water partition coefficient (Wildman–Crippen LogP) is 3.30. The van der Waals surface area contributed by atoms with E-state index in [4.69, 9.17) is 4.74 Å². The Kier molecular flexibility index (Phi) is 5.69. The van der Waals surface area contributed by atoms with Crippen LogP contribution in [0.2, 0.25) is 0 Å². The molecule has 0 aliphatic heterocycles. The molecular weight excluding hydrogens is 300 g/mol. The van der Waals surface area contributed by atoms with Gasteiger partial charge in [0.1, 0.15) is 0 Å². The van der Waals surface area contributed by atoms with Crippen LogP contribution >= 0.6 is 0 Å². The van der Waals surface area contributed by atoms with Gasteiger partial charge in [0.05, 0.1) is 10.5 Å². The minimum absolute atomic E-state index is 0.0810. The molecule has 1 N–H and O–H groups in total. The summed E-state index contributed by atoms with van der Waals surface area (Å²) in [4.78, 5) is -0.382. The molecule has 7 heteroatoms. The number of alkyl halides is 2. The minimum atomic E-state index is -4.54. The first-order valence-electron chi connectivity index (χ1n) is 6.52. The number of hydrogen-bond acceptors (Lipinski definition) is 4. The van der Waals surface area contributed by atoms with E-state index in [1.807, 2.05) is 20.8 Å². The summed E-state index contributed by atoms with van der Waals surface area (Å²) in [6.45, 7) is 5.89. The summed E-state index contributed by atoms with van der Waals surface area (Å²) in [6.07, 6.45) is 0.737. The lowest BCUT2D eigenvalue weighted by Gasteiger charge is -2.27. The second kappa shape index (κ2) is 6.70. The first kappa shape index (κ1) is 17.8.